The molecule has 0 atom stereocenters. The molecule has 0 heterocycles. The topological polar surface area (TPSA) is 17.1 Å². The van der Waals surface area contributed by atoms with Crippen molar-refractivity contribution in [3.63, 3.8) is 0 Å². The lowest BCUT2D eigenvalue weighted by Crippen LogP contribution is -2.07. The first kappa shape index (κ1) is 14.7. The summed E-state index contributed by atoms with van der Waals surface area (Å²) in [7, 11) is 0. The van der Waals surface area contributed by atoms with Crippen molar-refractivity contribution < 1.29 is 13.6 Å². The van der Waals surface area contributed by atoms with Crippen LogP contribution in [0, 0.1) is 25.5 Å². The molecule has 0 spiro atoms. The van der Waals surface area contributed by atoms with Gasteiger partial charge in [0.05, 0.1) is 0 Å². The van der Waals surface area contributed by atoms with Crippen LogP contribution in [0.3, 0.4) is 0 Å². The van der Waals surface area contributed by atoms with Gasteiger partial charge in [-0.05, 0) is 49.2 Å². The zero-order valence-corrected chi connectivity index (χ0v) is 11.9. The minimum atomic E-state index is -0.513. The summed E-state index contributed by atoms with van der Waals surface area (Å²) in [4.78, 5) is 12.2. The molecular formula is C16H13ClF2O. The van der Waals surface area contributed by atoms with E-state index in [1.807, 2.05) is 0 Å². The number of aryl methyl sites for hydroxylation is 2. The monoisotopic (exact) mass is 294 g/mol. The van der Waals surface area contributed by atoms with Gasteiger partial charge in [-0.25, -0.2) is 8.78 Å². The van der Waals surface area contributed by atoms with Gasteiger partial charge in [0, 0.05) is 22.6 Å². The number of benzene rings is 2. The highest BCUT2D eigenvalue weighted by molar-refractivity contribution is 6.31. The van der Waals surface area contributed by atoms with Gasteiger partial charge in [-0.1, -0.05) is 17.7 Å². The van der Waals surface area contributed by atoms with Crippen LogP contribution in [0.1, 0.15) is 27.0 Å². The van der Waals surface area contributed by atoms with Crippen LogP contribution in [0.4, 0.5) is 8.78 Å². The van der Waals surface area contributed by atoms with Crippen molar-refractivity contribution in [2.24, 2.45) is 0 Å². The van der Waals surface area contributed by atoms with Crippen molar-refractivity contribution in [1.82, 2.24) is 0 Å². The molecule has 0 unspecified atom stereocenters. The van der Waals surface area contributed by atoms with E-state index in [1.165, 1.54) is 30.3 Å². The Hall–Kier alpha value is -1.74. The Labute approximate surface area is 121 Å². The summed E-state index contributed by atoms with van der Waals surface area (Å²) in [6.07, 6.45) is -0.143. The van der Waals surface area contributed by atoms with Gasteiger partial charge in [0.25, 0.3) is 0 Å². The molecule has 104 valence electrons. The van der Waals surface area contributed by atoms with Gasteiger partial charge < -0.3 is 0 Å². The fourth-order valence-corrected chi connectivity index (χ4v) is 2.30. The smallest absolute Gasteiger partial charge is 0.167 e. The lowest BCUT2D eigenvalue weighted by Gasteiger charge is -2.08. The Morgan fingerprint density at radius 3 is 2.30 bits per heavy atom. The van der Waals surface area contributed by atoms with E-state index in [9.17, 15) is 13.6 Å². The Bertz CT molecular complexity index is 637. The van der Waals surface area contributed by atoms with Crippen molar-refractivity contribution in [2.75, 3.05) is 0 Å². The van der Waals surface area contributed by atoms with Crippen LogP contribution in [-0.4, -0.2) is 5.78 Å². The highest BCUT2D eigenvalue weighted by Crippen LogP contribution is 2.22. The molecule has 0 fully saturated rings. The number of carbonyl (C=O) groups is 1. The number of halogens is 3. The van der Waals surface area contributed by atoms with Crippen LogP contribution in [0.2, 0.25) is 5.02 Å². The Kier molecular flexibility index (Phi) is 4.19. The van der Waals surface area contributed by atoms with E-state index in [0.29, 0.717) is 16.7 Å². The van der Waals surface area contributed by atoms with E-state index in [0.717, 1.165) is 0 Å². The van der Waals surface area contributed by atoms with Crippen molar-refractivity contribution >= 4 is 17.4 Å². The minimum Gasteiger partial charge on any atom is -0.294 e. The van der Waals surface area contributed by atoms with Crippen LogP contribution in [-0.2, 0) is 6.42 Å². The third kappa shape index (κ3) is 2.88. The first-order valence-electron chi connectivity index (χ1n) is 6.13. The lowest BCUT2D eigenvalue weighted by molar-refractivity contribution is 0.0991. The van der Waals surface area contributed by atoms with E-state index in [4.69, 9.17) is 11.6 Å². The SMILES string of the molecule is Cc1cc(C(=O)Cc2c(F)cccc2Cl)cc(C)c1F. The van der Waals surface area contributed by atoms with E-state index < -0.39 is 5.82 Å². The molecule has 2 aromatic carbocycles. The Balaban J connectivity index is 2.34. The molecule has 0 aliphatic carbocycles. The molecular weight excluding hydrogens is 282 g/mol. The molecule has 0 aromatic heterocycles. The van der Waals surface area contributed by atoms with E-state index in [2.05, 4.69) is 0 Å². The number of Topliss-reactive ketones (excluding diaryl/α,β-unsaturated/α-hetero) is 1. The molecule has 0 bridgehead atoms. The maximum Gasteiger partial charge on any atom is 0.167 e. The first-order chi connectivity index (χ1) is 9.40. The minimum absolute atomic E-state index is 0.143. The van der Waals surface area contributed by atoms with Gasteiger partial charge in [-0.15, -0.1) is 0 Å². The fraction of sp³-hybridized carbons (Fsp3) is 0.188. The summed E-state index contributed by atoms with van der Waals surface area (Å²) in [5.74, 6) is -1.13. The average Bonchev–Trinajstić information content (AvgIpc) is 2.39. The third-order valence-electron chi connectivity index (χ3n) is 3.16. The number of hydrogen-bond acceptors (Lipinski definition) is 1. The molecule has 0 radical (unpaired) electrons. The molecule has 0 saturated carbocycles. The van der Waals surface area contributed by atoms with Crippen molar-refractivity contribution in [3.8, 4) is 0 Å². The van der Waals surface area contributed by atoms with E-state index in [-0.39, 0.29) is 28.6 Å². The third-order valence-corrected chi connectivity index (χ3v) is 3.51. The second kappa shape index (κ2) is 5.71. The number of carbonyl (C=O) groups excluding carboxylic acids is 1. The van der Waals surface area contributed by atoms with Gasteiger partial charge in [0.1, 0.15) is 11.6 Å². The second-order valence-electron chi connectivity index (χ2n) is 4.72. The highest BCUT2D eigenvalue weighted by Gasteiger charge is 2.15. The second-order valence-corrected chi connectivity index (χ2v) is 5.13. The molecule has 0 saturated heterocycles. The van der Waals surface area contributed by atoms with E-state index >= 15 is 0 Å². The average molecular weight is 295 g/mol. The predicted molar refractivity (Wildman–Crippen MR) is 75.3 cm³/mol. The first-order valence-corrected chi connectivity index (χ1v) is 6.50. The number of ketones is 1. The van der Waals surface area contributed by atoms with Crippen molar-refractivity contribution in [3.05, 3.63) is 69.2 Å². The zero-order chi connectivity index (χ0) is 14.9. The van der Waals surface area contributed by atoms with Crippen molar-refractivity contribution in [2.45, 2.75) is 20.3 Å². The van der Waals surface area contributed by atoms with Crippen LogP contribution in [0.15, 0.2) is 30.3 Å². The summed E-state index contributed by atoms with van der Waals surface area (Å²) >= 11 is 5.90. The van der Waals surface area contributed by atoms with Gasteiger partial charge in [0.15, 0.2) is 5.78 Å². The van der Waals surface area contributed by atoms with Gasteiger partial charge in [0.2, 0.25) is 0 Å². The summed E-state index contributed by atoms with van der Waals surface area (Å²) in [6.45, 7) is 3.18. The van der Waals surface area contributed by atoms with Crippen LogP contribution >= 0.6 is 11.6 Å². The zero-order valence-electron chi connectivity index (χ0n) is 11.1. The summed E-state index contributed by atoms with van der Waals surface area (Å²) in [6, 6.07) is 7.22. The van der Waals surface area contributed by atoms with Gasteiger partial charge in [-0.3, -0.25) is 4.79 Å². The normalized spacial score (nSPS) is 10.7. The molecule has 2 rings (SSSR count). The highest BCUT2D eigenvalue weighted by atomic mass is 35.5. The number of hydrogen-bond donors (Lipinski definition) is 0. The summed E-state index contributed by atoms with van der Waals surface area (Å²) in [5.41, 5.74) is 1.32. The van der Waals surface area contributed by atoms with Gasteiger partial charge in [-0.2, -0.15) is 0 Å². The van der Waals surface area contributed by atoms with Gasteiger partial charge >= 0.3 is 0 Å². The fourth-order valence-electron chi connectivity index (χ4n) is 2.07. The molecule has 1 nitrogen and oxygen atoms in total. The molecule has 4 heteroatoms. The molecule has 0 aliphatic heterocycles. The standard InChI is InChI=1S/C16H13ClF2O/c1-9-6-11(7-10(2)16(9)19)15(20)8-12-13(17)4-3-5-14(12)18/h3-7H,8H2,1-2H3. The molecule has 2 aromatic rings. The Morgan fingerprint density at radius 2 is 1.75 bits per heavy atom. The predicted octanol–water partition coefficient (Wildman–Crippen LogP) is 4.66. The summed E-state index contributed by atoms with van der Waals surface area (Å²) in [5, 5.41) is 0.217. The molecule has 0 N–H and O–H groups in total. The quantitative estimate of drug-likeness (QED) is 0.752. The maximum atomic E-state index is 13.7. The van der Waals surface area contributed by atoms with Crippen molar-refractivity contribution in [1.29, 1.82) is 0 Å². The molecule has 0 amide bonds. The number of rotatable bonds is 3. The van der Waals surface area contributed by atoms with Crippen LogP contribution in [0.25, 0.3) is 0 Å². The Morgan fingerprint density at radius 1 is 1.15 bits per heavy atom. The summed E-state index contributed by atoms with van der Waals surface area (Å²) < 4.78 is 27.2. The largest absolute Gasteiger partial charge is 0.294 e. The van der Waals surface area contributed by atoms with E-state index in [1.54, 1.807) is 13.8 Å². The van der Waals surface area contributed by atoms with Crippen LogP contribution in [0.5, 0.6) is 0 Å². The molecule has 0 aliphatic rings. The molecule has 20 heavy (non-hydrogen) atoms. The van der Waals surface area contributed by atoms with Crippen LogP contribution < -0.4 is 0 Å². The maximum absolute atomic E-state index is 13.7. The lowest BCUT2D eigenvalue weighted by atomic mass is 9.99.